The molecule has 1 aromatic rings. The molecule has 18 heavy (non-hydrogen) atoms. The molecule has 1 rings (SSSR count). The number of benzene rings is 1. The third-order valence-electron chi connectivity index (χ3n) is 2.16. The number of amides is 1. The lowest BCUT2D eigenvalue weighted by Crippen LogP contribution is -2.36. The van der Waals surface area contributed by atoms with Crippen molar-refractivity contribution in [1.82, 2.24) is 0 Å². The van der Waals surface area contributed by atoms with Gasteiger partial charge in [-0.3, -0.25) is 4.90 Å². The van der Waals surface area contributed by atoms with Crippen LogP contribution in [0.25, 0.3) is 0 Å². The number of carbonyl (C=O) groups is 1. The minimum atomic E-state index is -0.585. The monoisotopic (exact) mass is 271 g/mol. The Morgan fingerprint density at radius 2 is 2.06 bits per heavy atom. The Hall–Kier alpha value is -1.42. The van der Waals surface area contributed by atoms with Gasteiger partial charge in [0.05, 0.1) is 5.69 Å². The van der Waals surface area contributed by atoms with Crippen molar-refractivity contribution >= 4 is 23.4 Å². The maximum atomic E-state index is 12.0. The van der Waals surface area contributed by atoms with Crippen molar-refractivity contribution < 1.29 is 14.6 Å². The third kappa shape index (κ3) is 3.81. The minimum Gasteiger partial charge on any atom is -0.506 e. The Kier molecular flexibility index (Phi) is 4.46. The Morgan fingerprint density at radius 1 is 1.44 bits per heavy atom. The summed E-state index contributed by atoms with van der Waals surface area (Å²) in [6.07, 6.45) is -0.512. The van der Waals surface area contributed by atoms with E-state index < -0.39 is 11.7 Å². The summed E-state index contributed by atoms with van der Waals surface area (Å²) in [7, 11) is 0. The van der Waals surface area contributed by atoms with Crippen LogP contribution in [0.1, 0.15) is 27.7 Å². The molecule has 0 aromatic heterocycles. The van der Waals surface area contributed by atoms with Gasteiger partial charge in [-0.05, 0) is 45.9 Å². The summed E-state index contributed by atoms with van der Waals surface area (Å²) in [5.41, 5.74) is -0.238. The highest BCUT2D eigenvalue weighted by atomic mass is 35.5. The van der Waals surface area contributed by atoms with Gasteiger partial charge in [-0.25, -0.2) is 4.79 Å². The summed E-state index contributed by atoms with van der Waals surface area (Å²) >= 11 is 5.87. The van der Waals surface area contributed by atoms with E-state index in [0.717, 1.165) is 0 Å². The van der Waals surface area contributed by atoms with Crippen molar-refractivity contribution in [3.8, 4) is 5.75 Å². The van der Waals surface area contributed by atoms with E-state index in [0.29, 0.717) is 17.3 Å². The summed E-state index contributed by atoms with van der Waals surface area (Å²) < 4.78 is 5.27. The molecule has 0 heterocycles. The number of phenols is 1. The molecule has 0 aliphatic rings. The zero-order chi connectivity index (χ0) is 13.9. The topological polar surface area (TPSA) is 49.8 Å². The molecular weight excluding hydrogens is 254 g/mol. The first-order valence-corrected chi connectivity index (χ1v) is 6.11. The summed E-state index contributed by atoms with van der Waals surface area (Å²) in [6, 6.07) is 4.54. The Morgan fingerprint density at radius 3 is 2.56 bits per heavy atom. The van der Waals surface area contributed by atoms with Gasteiger partial charge in [0.1, 0.15) is 11.4 Å². The van der Waals surface area contributed by atoms with Crippen molar-refractivity contribution in [1.29, 1.82) is 0 Å². The van der Waals surface area contributed by atoms with Gasteiger partial charge in [0, 0.05) is 11.6 Å². The molecule has 1 N–H and O–H groups in total. The molecule has 0 fully saturated rings. The van der Waals surface area contributed by atoms with Gasteiger partial charge >= 0.3 is 6.09 Å². The first-order valence-electron chi connectivity index (χ1n) is 5.73. The molecule has 0 aliphatic carbocycles. The van der Waals surface area contributed by atoms with Crippen LogP contribution in [0, 0.1) is 0 Å². The second-order valence-corrected chi connectivity index (χ2v) is 5.29. The molecule has 1 amide bonds. The molecule has 0 unspecified atom stereocenters. The highest BCUT2D eigenvalue weighted by Gasteiger charge is 2.24. The first kappa shape index (κ1) is 14.6. The fourth-order valence-electron chi connectivity index (χ4n) is 1.43. The number of hydrogen-bond donors (Lipinski definition) is 1. The van der Waals surface area contributed by atoms with E-state index >= 15 is 0 Å². The maximum absolute atomic E-state index is 12.0. The van der Waals surface area contributed by atoms with E-state index in [4.69, 9.17) is 16.3 Å². The number of aromatic hydroxyl groups is 1. The number of nitrogens with zero attached hydrogens (tertiary/aromatic N) is 1. The summed E-state index contributed by atoms with van der Waals surface area (Å²) in [5.74, 6) is -0.00731. The Bertz CT molecular complexity index is 440. The van der Waals surface area contributed by atoms with Gasteiger partial charge in [0.15, 0.2) is 0 Å². The minimum absolute atomic E-state index is 0.00731. The second-order valence-electron chi connectivity index (χ2n) is 4.86. The number of rotatable bonds is 2. The summed E-state index contributed by atoms with van der Waals surface area (Å²) in [6.45, 7) is 7.54. The predicted molar refractivity (Wildman–Crippen MR) is 72.4 cm³/mol. The standard InChI is InChI=1S/C13H18ClNO3/c1-5-15(12(17)18-13(2,3)4)10-8-9(14)6-7-11(10)16/h6-8,16H,5H2,1-4H3. The van der Waals surface area contributed by atoms with E-state index in [1.54, 1.807) is 33.8 Å². The molecule has 0 radical (unpaired) electrons. The van der Waals surface area contributed by atoms with Crippen LogP contribution in [0.2, 0.25) is 5.02 Å². The highest BCUT2D eigenvalue weighted by molar-refractivity contribution is 6.31. The van der Waals surface area contributed by atoms with Crippen LogP contribution in [0.5, 0.6) is 5.75 Å². The van der Waals surface area contributed by atoms with E-state index in [9.17, 15) is 9.90 Å². The van der Waals surface area contributed by atoms with Crippen molar-refractivity contribution in [3.05, 3.63) is 23.2 Å². The normalized spacial score (nSPS) is 11.2. The van der Waals surface area contributed by atoms with Crippen molar-refractivity contribution in [2.24, 2.45) is 0 Å². The Balaban J connectivity index is 3.02. The molecular formula is C13H18ClNO3. The second kappa shape index (κ2) is 5.48. The SMILES string of the molecule is CCN(C(=O)OC(C)(C)C)c1cc(Cl)ccc1O. The lowest BCUT2D eigenvalue weighted by Gasteiger charge is -2.27. The number of phenolic OH excluding ortho intramolecular Hbond substituents is 1. The van der Waals surface area contributed by atoms with E-state index in [1.807, 2.05) is 0 Å². The number of hydrogen-bond acceptors (Lipinski definition) is 3. The average Bonchev–Trinajstić information content (AvgIpc) is 2.21. The molecule has 100 valence electrons. The van der Waals surface area contributed by atoms with Crippen LogP contribution in [-0.2, 0) is 4.74 Å². The van der Waals surface area contributed by atoms with E-state index in [-0.39, 0.29) is 5.75 Å². The van der Waals surface area contributed by atoms with Gasteiger partial charge in [0.25, 0.3) is 0 Å². The van der Waals surface area contributed by atoms with Gasteiger partial charge in [-0.15, -0.1) is 0 Å². The zero-order valence-electron chi connectivity index (χ0n) is 11.0. The van der Waals surface area contributed by atoms with Crippen molar-refractivity contribution in [2.75, 3.05) is 11.4 Å². The number of ether oxygens (including phenoxy) is 1. The van der Waals surface area contributed by atoms with Crippen LogP contribution in [0.3, 0.4) is 0 Å². The van der Waals surface area contributed by atoms with Crippen LogP contribution in [0.4, 0.5) is 10.5 Å². The molecule has 0 spiro atoms. The third-order valence-corrected chi connectivity index (χ3v) is 2.39. The fraction of sp³-hybridized carbons (Fsp3) is 0.462. The molecule has 0 aliphatic heterocycles. The Labute approximate surface area is 112 Å². The predicted octanol–water partition coefficient (Wildman–Crippen LogP) is 3.81. The van der Waals surface area contributed by atoms with Gasteiger partial charge in [-0.2, -0.15) is 0 Å². The van der Waals surface area contributed by atoms with E-state index in [1.165, 1.54) is 17.0 Å². The molecule has 4 nitrogen and oxygen atoms in total. The molecule has 0 bridgehead atoms. The maximum Gasteiger partial charge on any atom is 0.414 e. The van der Waals surface area contributed by atoms with Crippen molar-refractivity contribution in [3.63, 3.8) is 0 Å². The summed E-state index contributed by atoms with van der Waals surface area (Å²) in [4.78, 5) is 13.3. The van der Waals surface area contributed by atoms with Crippen molar-refractivity contribution in [2.45, 2.75) is 33.3 Å². The van der Waals surface area contributed by atoms with Crippen LogP contribution >= 0.6 is 11.6 Å². The smallest absolute Gasteiger partial charge is 0.414 e. The molecule has 5 heteroatoms. The largest absolute Gasteiger partial charge is 0.506 e. The number of halogens is 1. The van der Waals surface area contributed by atoms with Gasteiger partial charge < -0.3 is 9.84 Å². The lowest BCUT2D eigenvalue weighted by atomic mass is 10.2. The van der Waals surface area contributed by atoms with Gasteiger partial charge in [0.2, 0.25) is 0 Å². The zero-order valence-corrected chi connectivity index (χ0v) is 11.8. The van der Waals surface area contributed by atoms with E-state index in [2.05, 4.69) is 0 Å². The average molecular weight is 272 g/mol. The molecule has 0 saturated carbocycles. The fourth-order valence-corrected chi connectivity index (χ4v) is 1.59. The lowest BCUT2D eigenvalue weighted by molar-refractivity contribution is 0.0581. The number of carbonyl (C=O) groups excluding carboxylic acids is 1. The van der Waals surface area contributed by atoms with Crippen LogP contribution in [0.15, 0.2) is 18.2 Å². The highest BCUT2D eigenvalue weighted by Crippen LogP contribution is 2.31. The first-order chi connectivity index (χ1) is 8.24. The van der Waals surface area contributed by atoms with Crippen LogP contribution < -0.4 is 4.90 Å². The van der Waals surface area contributed by atoms with Gasteiger partial charge in [-0.1, -0.05) is 11.6 Å². The van der Waals surface area contributed by atoms with Crippen LogP contribution in [-0.4, -0.2) is 23.3 Å². The molecule has 0 saturated heterocycles. The summed E-state index contributed by atoms with van der Waals surface area (Å²) in [5, 5.41) is 10.2. The quantitative estimate of drug-likeness (QED) is 0.890. The molecule has 1 aromatic carbocycles. The number of anilines is 1. The molecule has 0 atom stereocenters.